The molecule has 0 fully saturated rings. The van der Waals surface area contributed by atoms with E-state index in [-0.39, 0.29) is 36.0 Å². The van der Waals surface area contributed by atoms with Crippen molar-refractivity contribution in [1.29, 1.82) is 0 Å². The number of nitrogens with one attached hydrogen (secondary N) is 1. The van der Waals surface area contributed by atoms with Crippen molar-refractivity contribution < 1.29 is 32.5 Å². The summed E-state index contributed by atoms with van der Waals surface area (Å²) in [7, 11) is 1.49. The van der Waals surface area contributed by atoms with E-state index in [9.17, 15) is 18.8 Å². The number of benzene rings is 3. The maximum atomic E-state index is 15.3. The molecule has 0 radical (unpaired) electrons. The van der Waals surface area contributed by atoms with Gasteiger partial charge in [0.15, 0.2) is 23.1 Å². The average molecular weight is 615 g/mol. The molecule has 0 saturated heterocycles. The van der Waals surface area contributed by atoms with Crippen LogP contribution in [0.4, 0.5) is 14.5 Å². The van der Waals surface area contributed by atoms with Gasteiger partial charge in [-0.2, -0.15) is 0 Å². The Kier molecular flexibility index (Phi) is 7.73. The van der Waals surface area contributed by atoms with E-state index in [1.807, 2.05) is 0 Å². The zero-order valence-electron chi connectivity index (χ0n) is 23.7. The highest BCUT2D eigenvalue weighted by Crippen LogP contribution is 2.48. The van der Waals surface area contributed by atoms with Gasteiger partial charge in [0.05, 0.1) is 23.7 Å². The molecule has 0 spiro atoms. The molecule has 2 aromatic heterocycles. The van der Waals surface area contributed by atoms with Crippen LogP contribution >= 0.6 is 0 Å². The van der Waals surface area contributed by atoms with Gasteiger partial charge in [0.1, 0.15) is 30.3 Å². The van der Waals surface area contributed by atoms with Crippen molar-refractivity contribution in [3.63, 3.8) is 0 Å². The van der Waals surface area contributed by atoms with Gasteiger partial charge in [0.2, 0.25) is 5.75 Å². The Labute approximate surface area is 253 Å². The van der Waals surface area contributed by atoms with Crippen LogP contribution < -0.4 is 35.5 Å². The van der Waals surface area contributed by atoms with Gasteiger partial charge in [-0.05, 0) is 42.5 Å². The number of methoxy groups -OCH3 is 1. The van der Waals surface area contributed by atoms with E-state index in [4.69, 9.17) is 18.9 Å². The number of anilines is 1. The highest BCUT2D eigenvalue weighted by atomic mass is 19.1. The van der Waals surface area contributed by atoms with Gasteiger partial charge in [0, 0.05) is 36.8 Å². The Bertz CT molecular complexity index is 2090. The Balaban J connectivity index is 1.31. The molecule has 228 valence electrons. The molecule has 3 heterocycles. The summed E-state index contributed by atoms with van der Waals surface area (Å²) in [4.78, 5) is 43.9. The van der Waals surface area contributed by atoms with Crippen LogP contribution in [-0.4, -0.2) is 40.3 Å². The van der Waals surface area contributed by atoms with E-state index in [1.54, 1.807) is 12.1 Å². The van der Waals surface area contributed by atoms with Gasteiger partial charge in [-0.25, -0.2) is 18.1 Å². The van der Waals surface area contributed by atoms with Crippen molar-refractivity contribution in [2.24, 2.45) is 0 Å². The average Bonchev–Trinajstić information content (AvgIpc) is 3.04. The van der Waals surface area contributed by atoms with Crippen LogP contribution in [0.5, 0.6) is 28.7 Å². The minimum absolute atomic E-state index is 0.0116. The molecule has 0 unspecified atom stereocenters. The molecule has 3 aromatic carbocycles. The van der Waals surface area contributed by atoms with E-state index >= 15 is 4.39 Å². The smallest absolute Gasteiger partial charge is 0.335 e. The molecule has 45 heavy (non-hydrogen) atoms. The quantitative estimate of drug-likeness (QED) is 0.247. The normalized spacial score (nSPS) is 12.1. The third kappa shape index (κ3) is 5.46. The summed E-state index contributed by atoms with van der Waals surface area (Å²) in [5, 5.41) is 2.94. The predicted octanol–water partition coefficient (Wildman–Crippen LogP) is 4.84. The van der Waals surface area contributed by atoms with Crippen LogP contribution in [0, 0.1) is 11.6 Å². The van der Waals surface area contributed by atoms with Gasteiger partial charge in [-0.3, -0.25) is 19.1 Å². The standard InChI is InChI=1S/C32H24F2N4O7/c1-3-12-37-17-21(31(40)38(32(37)41)20-7-4-18(33)5-8-20)30(39)36-19-6-9-24(22(34)15-19)45-25-10-11-35-23-16-26(42-2)28-29(27(23)25)44-14-13-43-28/h3-11,15-17H,1,12-14H2,2H3,(H,36,39). The first kappa shape index (κ1) is 29.1. The van der Waals surface area contributed by atoms with Crippen LogP contribution in [0.3, 0.4) is 0 Å². The number of pyridine rings is 1. The fraction of sp³-hybridized carbons (Fsp3) is 0.125. The fourth-order valence-corrected chi connectivity index (χ4v) is 4.83. The van der Waals surface area contributed by atoms with E-state index in [0.29, 0.717) is 34.8 Å². The lowest BCUT2D eigenvalue weighted by atomic mass is 10.1. The molecule has 1 aliphatic rings. The first-order valence-corrected chi connectivity index (χ1v) is 13.6. The van der Waals surface area contributed by atoms with Gasteiger partial charge < -0.3 is 24.3 Å². The molecule has 0 aliphatic carbocycles. The lowest BCUT2D eigenvalue weighted by Crippen LogP contribution is -2.42. The first-order chi connectivity index (χ1) is 21.8. The van der Waals surface area contributed by atoms with E-state index in [0.717, 1.165) is 33.5 Å². The lowest BCUT2D eigenvalue weighted by molar-refractivity contribution is 0.102. The van der Waals surface area contributed by atoms with Crippen LogP contribution in [-0.2, 0) is 6.54 Å². The molecule has 0 atom stereocenters. The molecule has 5 aromatic rings. The van der Waals surface area contributed by atoms with Crippen molar-refractivity contribution >= 4 is 22.5 Å². The summed E-state index contributed by atoms with van der Waals surface area (Å²) in [5.74, 6) is -1.06. The molecular weight excluding hydrogens is 590 g/mol. The maximum Gasteiger partial charge on any atom is 0.335 e. The Morgan fingerprint density at radius 2 is 1.78 bits per heavy atom. The van der Waals surface area contributed by atoms with Gasteiger partial charge in [-0.15, -0.1) is 6.58 Å². The number of amides is 1. The maximum absolute atomic E-state index is 15.3. The number of carbonyl (C=O) groups is 1. The minimum atomic E-state index is -0.944. The summed E-state index contributed by atoms with van der Waals surface area (Å²) in [6, 6.07) is 11.6. The fourth-order valence-electron chi connectivity index (χ4n) is 4.83. The molecule has 13 heteroatoms. The Morgan fingerprint density at radius 3 is 2.49 bits per heavy atom. The second-order valence-electron chi connectivity index (χ2n) is 9.72. The second-order valence-corrected chi connectivity index (χ2v) is 9.72. The summed E-state index contributed by atoms with van der Waals surface area (Å²) in [6.07, 6.45) is 3.99. The number of hydrogen-bond donors (Lipinski definition) is 1. The summed E-state index contributed by atoms with van der Waals surface area (Å²) in [5.41, 5.74) is -1.56. The number of ether oxygens (including phenoxy) is 4. The van der Waals surface area contributed by atoms with E-state index in [1.165, 1.54) is 43.6 Å². The predicted molar refractivity (Wildman–Crippen MR) is 160 cm³/mol. The monoisotopic (exact) mass is 614 g/mol. The number of rotatable bonds is 8. The van der Waals surface area contributed by atoms with Crippen molar-refractivity contribution in [3.8, 4) is 34.4 Å². The zero-order chi connectivity index (χ0) is 31.7. The topological polar surface area (TPSA) is 123 Å². The van der Waals surface area contributed by atoms with Crippen LogP contribution in [0.1, 0.15) is 10.4 Å². The Morgan fingerprint density at radius 1 is 1.02 bits per heavy atom. The largest absolute Gasteiger partial charge is 0.493 e. The summed E-state index contributed by atoms with van der Waals surface area (Å²) >= 11 is 0. The highest BCUT2D eigenvalue weighted by Gasteiger charge is 2.25. The number of aromatic nitrogens is 3. The number of nitrogens with zero attached hydrogens (tertiary/aromatic N) is 3. The molecule has 1 aliphatic heterocycles. The molecule has 0 bridgehead atoms. The SMILES string of the molecule is C=CCn1cc(C(=O)Nc2ccc(Oc3ccnc4cc(OC)c5c(c34)OCCO5)c(F)c2)c(=O)n(-c2ccc(F)cc2)c1=O. The number of carbonyl (C=O) groups excluding carboxylic acids is 1. The first-order valence-electron chi connectivity index (χ1n) is 13.6. The van der Waals surface area contributed by atoms with E-state index < -0.39 is 34.4 Å². The van der Waals surface area contributed by atoms with Gasteiger partial charge >= 0.3 is 5.69 Å². The van der Waals surface area contributed by atoms with E-state index in [2.05, 4.69) is 16.9 Å². The van der Waals surface area contributed by atoms with Crippen molar-refractivity contribution in [2.45, 2.75) is 6.54 Å². The zero-order valence-corrected chi connectivity index (χ0v) is 23.7. The number of hydrogen-bond acceptors (Lipinski definition) is 8. The van der Waals surface area contributed by atoms with Crippen molar-refractivity contribution in [3.05, 3.63) is 118 Å². The lowest BCUT2D eigenvalue weighted by Gasteiger charge is -2.23. The van der Waals surface area contributed by atoms with Crippen LogP contribution in [0.15, 0.2) is 89.2 Å². The molecule has 1 amide bonds. The van der Waals surface area contributed by atoms with Gasteiger partial charge in [0.25, 0.3) is 11.5 Å². The number of fused-ring (bicyclic) bond motifs is 3. The minimum Gasteiger partial charge on any atom is -0.493 e. The van der Waals surface area contributed by atoms with Gasteiger partial charge in [-0.1, -0.05) is 6.08 Å². The second kappa shape index (κ2) is 12.0. The number of halogens is 2. The molecule has 11 nitrogen and oxygen atoms in total. The van der Waals surface area contributed by atoms with Crippen LogP contribution in [0.25, 0.3) is 16.6 Å². The third-order valence-corrected chi connectivity index (χ3v) is 6.88. The molecular formula is C32H24F2N4O7. The van der Waals surface area contributed by atoms with Crippen molar-refractivity contribution in [1.82, 2.24) is 14.1 Å². The molecule has 0 saturated carbocycles. The Hall–Kier alpha value is -5.98. The summed E-state index contributed by atoms with van der Waals surface area (Å²) in [6.45, 7) is 4.19. The van der Waals surface area contributed by atoms with Crippen LogP contribution in [0.2, 0.25) is 0 Å². The third-order valence-electron chi connectivity index (χ3n) is 6.88. The van der Waals surface area contributed by atoms with Crippen molar-refractivity contribution in [2.75, 3.05) is 25.6 Å². The molecule has 6 rings (SSSR count). The molecule has 1 N–H and O–H groups in total. The summed E-state index contributed by atoms with van der Waals surface area (Å²) < 4.78 is 53.6. The highest BCUT2D eigenvalue weighted by molar-refractivity contribution is 6.04. The number of allylic oxidation sites excluding steroid dienone is 1.